The Morgan fingerprint density at radius 3 is 0.941 bits per heavy atom. The average Bonchev–Trinajstić information content (AvgIpc) is 2.06. The molecule has 0 aromatic rings. The van der Waals surface area contributed by atoms with Gasteiger partial charge in [-0.15, -0.1) is 0 Å². The van der Waals surface area contributed by atoms with E-state index in [0.29, 0.717) is 26.4 Å². The SMILES string of the molecule is C.C.CCO[Si](OCC)(OCC)OCC.O.O.[H+]. The van der Waals surface area contributed by atoms with Crippen LogP contribution >= 0.6 is 0 Å². The Balaban J connectivity index is -0.0000000720. The highest BCUT2D eigenvalue weighted by Crippen LogP contribution is 2.11. The van der Waals surface area contributed by atoms with E-state index in [1.807, 2.05) is 27.7 Å². The molecule has 0 aliphatic carbocycles. The largest absolute Gasteiger partial charge is 1.00 e. The highest BCUT2D eigenvalue weighted by Gasteiger charge is 2.44. The monoisotopic (exact) mass is 277 g/mol. The normalized spacial score (nSPS) is 9.18. The topological polar surface area (TPSA) is 99.9 Å². The second-order valence-corrected chi connectivity index (χ2v) is 4.39. The van der Waals surface area contributed by atoms with Crippen LogP contribution in [-0.2, 0) is 17.7 Å². The van der Waals surface area contributed by atoms with E-state index >= 15 is 0 Å². The predicted octanol–water partition coefficient (Wildman–Crippen LogP) is 1.30. The van der Waals surface area contributed by atoms with Crippen molar-refractivity contribution in [2.45, 2.75) is 42.5 Å². The molecule has 0 radical (unpaired) electrons. The van der Waals surface area contributed by atoms with Crippen molar-refractivity contribution in [3.05, 3.63) is 0 Å². The second-order valence-electron chi connectivity index (χ2n) is 2.23. The lowest BCUT2D eigenvalue weighted by molar-refractivity contribution is -0.0247. The molecule has 7 heteroatoms. The highest BCUT2D eigenvalue weighted by molar-refractivity contribution is 6.53. The number of hydrogen-bond donors (Lipinski definition) is 0. The molecule has 0 aromatic carbocycles. The molecule has 6 nitrogen and oxygen atoms in total. The first kappa shape index (κ1) is 30.2. The molecule has 0 bridgehead atoms. The van der Waals surface area contributed by atoms with E-state index in [2.05, 4.69) is 0 Å². The summed E-state index contributed by atoms with van der Waals surface area (Å²) in [4.78, 5) is 0. The Labute approximate surface area is 109 Å². The zero-order valence-electron chi connectivity index (χ0n) is 11.0. The van der Waals surface area contributed by atoms with Crippen molar-refractivity contribution in [3.8, 4) is 0 Å². The van der Waals surface area contributed by atoms with Gasteiger partial charge in [0.05, 0.1) is 0 Å². The summed E-state index contributed by atoms with van der Waals surface area (Å²) in [6, 6.07) is 0. The third-order valence-corrected chi connectivity index (χ3v) is 3.85. The van der Waals surface area contributed by atoms with Gasteiger partial charge in [0.2, 0.25) is 0 Å². The highest BCUT2D eigenvalue weighted by atomic mass is 28.4. The molecule has 0 aliphatic rings. The van der Waals surface area contributed by atoms with Gasteiger partial charge < -0.3 is 28.7 Å². The quantitative estimate of drug-likeness (QED) is 0.624. The average molecular weight is 277 g/mol. The van der Waals surface area contributed by atoms with Crippen molar-refractivity contribution in [2.75, 3.05) is 26.4 Å². The lowest BCUT2D eigenvalue weighted by atomic mass is 10.9. The van der Waals surface area contributed by atoms with E-state index in [1.54, 1.807) is 0 Å². The molecule has 0 aliphatic heterocycles. The van der Waals surface area contributed by atoms with Gasteiger partial charge in [0.1, 0.15) is 0 Å². The van der Waals surface area contributed by atoms with Crippen LogP contribution in [0.4, 0.5) is 0 Å². The predicted molar refractivity (Wildman–Crippen MR) is 74.1 cm³/mol. The molecule has 0 aromatic heterocycles. The minimum Gasteiger partial charge on any atom is -0.412 e. The molecule has 0 saturated carbocycles. The van der Waals surface area contributed by atoms with Crippen LogP contribution in [0.2, 0.25) is 0 Å². The van der Waals surface area contributed by atoms with Crippen LogP contribution in [-0.4, -0.2) is 46.4 Å². The zero-order chi connectivity index (χ0) is 10.2. The molecule has 0 amide bonds. The summed E-state index contributed by atoms with van der Waals surface area (Å²) in [7, 11) is -2.80. The molecular formula is C10H33O6Si+. The summed E-state index contributed by atoms with van der Waals surface area (Å²) >= 11 is 0. The Kier molecular flexibility index (Phi) is 32.6. The van der Waals surface area contributed by atoms with E-state index in [0.717, 1.165) is 0 Å². The molecule has 112 valence electrons. The summed E-state index contributed by atoms with van der Waals surface area (Å²) < 4.78 is 21.7. The van der Waals surface area contributed by atoms with Crippen molar-refractivity contribution < 1.29 is 30.1 Å². The maximum atomic E-state index is 5.42. The van der Waals surface area contributed by atoms with E-state index in [-0.39, 0.29) is 27.2 Å². The Morgan fingerprint density at radius 2 is 0.824 bits per heavy atom. The lowest BCUT2D eigenvalue weighted by Gasteiger charge is -2.26. The molecule has 0 fully saturated rings. The van der Waals surface area contributed by atoms with Gasteiger partial charge in [-0.25, -0.2) is 0 Å². The molecule has 0 heterocycles. The van der Waals surface area contributed by atoms with E-state index in [9.17, 15) is 0 Å². The van der Waals surface area contributed by atoms with Crippen LogP contribution in [0.25, 0.3) is 0 Å². The van der Waals surface area contributed by atoms with Gasteiger partial charge in [0, 0.05) is 26.4 Å². The van der Waals surface area contributed by atoms with Crippen LogP contribution in [0.1, 0.15) is 44.0 Å². The Bertz CT molecular complexity index is 101. The summed E-state index contributed by atoms with van der Waals surface area (Å²) in [5, 5.41) is 0. The van der Waals surface area contributed by atoms with Crippen LogP contribution in [0.5, 0.6) is 0 Å². The van der Waals surface area contributed by atoms with Crippen LogP contribution < -0.4 is 0 Å². The smallest absolute Gasteiger partial charge is 0.412 e. The fourth-order valence-corrected chi connectivity index (χ4v) is 2.87. The fraction of sp³-hybridized carbons (Fsp3) is 1.00. The third-order valence-electron chi connectivity index (χ3n) is 1.28. The summed E-state index contributed by atoms with van der Waals surface area (Å²) in [5.74, 6) is 0. The van der Waals surface area contributed by atoms with Crippen molar-refractivity contribution in [3.63, 3.8) is 0 Å². The molecule has 0 spiro atoms. The molecular weight excluding hydrogens is 244 g/mol. The van der Waals surface area contributed by atoms with Gasteiger partial charge in [-0.2, -0.15) is 0 Å². The minimum atomic E-state index is -2.80. The third kappa shape index (κ3) is 12.2. The summed E-state index contributed by atoms with van der Waals surface area (Å²) in [6.07, 6.45) is 0. The standard InChI is InChI=1S/C8H20O4Si.2CH4.2H2O/c1-5-9-13(10-6-2,11-7-3)12-8-4;;;;/h5-8H2,1-4H3;2*1H4;2*1H2/p+1. The van der Waals surface area contributed by atoms with Gasteiger partial charge in [0.25, 0.3) is 0 Å². The van der Waals surface area contributed by atoms with Gasteiger partial charge in [0.15, 0.2) is 0 Å². The van der Waals surface area contributed by atoms with Gasteiger partial charge in [-0.3, -0.25) is 0 Å². The summed E-state index contributed by atoms with van der Waals surface area (Å²) in [6.45, 7) is 9.80. The lowest BCUT2D eigenvalue weighted by Crippen LogP contribution is -2.49. The molecule has 0 rings (SSSR count). The number of hydrogen-bond acceptors (Lipinski definition) is 4. The first-order chi connectivity index (χ1) is 6.24. The van der Waals surface area contributed by atoms with E-state index in [1.165, 1.54) is 0 Å². The molecule has 0 unspecified atom stereocenters. The molecule has 0 saturated heterocycles. The number of rotatable bonds is 8. The zero-order valence-corrected chi connectivity index (χ0v) is 11.0. The maximum Gasteiger partial charge on any atom is 1.00 e. The van der Waals surface area contributed by atoms with Gasteiger partial charge in [-0.05, 0) is 27.7 Å². The molecule has 4 N–H and O–H groups in total. The summed E-state index contributed by atoms with van der Waals surface area (Å²) in [5.41, 5.74) is 0. The Hall–Kier alpha value is -0.0231. The van der Waals surface area contributed by atoms with Crippen molar-refractivity contribution in [1.82, 2.24) is 0 Å². The first-order valence-electron chi connectivity index (χ1n) is 4.80. The molecule has 0 atom stereocenters. The van der Waals surface area contributed by atoms with Crippen molar-refractivity contribution in [1.29, 1.82) is 0 Å². The maximum absolute atomic E-state index is 5.42. The minimum absolute atomic E-state index is 0. The van der Waals surface area contributed by atoms with Crippen molar-refractivity contribution >= 4 is 9.05 Å². The van der Waals surface area contributed by atoms with Gasteiger partial charge in [-0.1, -0.05) is 14.9 Å². The van der Waals surface area contributed by atoms with Crippen molar-refractivity contribution in [2.24, 2.45) is 0 Å². The first-order valence-corrected chi connectivity index (χ1v) is 6.43. The second kappa shape index (κ2) is 18.3. The van der Waals surface area contributed by atoms with E-state index in [4.69, 9.17) is 17.7 Å². The Morgan fingerprint density at radius 1 is 0.647 bits per heavy atom. The fourth-order valence-electron chi connectivity index (χ4n) is 0.957. The molecule has 17 heavy (non-hydrogen) atoms. The van der Waals surface area contributed by atoms with Crippen LogP contribution in [0.15, 0.2) is 0 Å². The van der Waals surface area contributed by atoms with Crippen LogP contribution in [0, 0.1) is 0 Å². The van der Waals surface area contributed by atoms with E-state index < -0.39 is 9.05 Å². The van der Waals surface area contributed by atoms with Gasteiger partial charge >= 0.3 is 10.5 Å². The van der Waals surface area contributed by atoms with Crippen LogP contribution in [0.3, 0.4) is 0 Å².